The van der Waals surface area contributed by atoms with Crippen LogP contribution < -0.4 is 19.1 Å². The van der Waals surface area contributed by atoms with Crippen LogP contribution in [0.5, 0.6) is 11.5 Å². The molecule has 3 aromatic rings. The van der Waals surface area contributed by atoms with Gasteiger partial charge in [0.15, 0.2) is 11.5 Å². The molecule has 43 heavy (non-hydrogen) atoms. The quantitative estimate of drug-likeness (QED) is 0.252. The molecule has 0 fully saturated rings. The minimum absolute atomic E-state index is 0.00244. The highest BCUT2D eigenvalue weighted by Crippen LogP contribution is 2.33. The Bertz CT molecular complexity index is 1560. The second kappa shape index (κ2) is 14.8. The number of likely N-dealkylation sites (N-methyl/N-ethyl adjacent to an activating group) is 1. The summed E-state index contributed by atoms with van der Waals surface area (Å²) in [6.07, 6.45) is 0.297. The van der Waals surface area contributed by atoms with Crippen LogP contribution in [0.3, 0.4) is 0 Å². The van der Waals surface area contributed by atoms with E-state index in [2.05, 4.69) is 5.32 Å². The molecule has 12 heteroatoms. The highest BCUT2D eigenvalue weighted by atomic mass is 35.5. The van der Waals surface area contributed by atoms with Crippen LogP contribution >= 0.6 is 23.2 Å². The molecule has 0 radical (unpaired) electrons. The van der Waals surface area contributed by atoms with Crippen molar-refractivity contribution in [2.75, 3.05) is 31.6 Å². The minimum atomic E-state index is -4.31. The number of carbonyl (C=O) groups is 2. The second-order valence-electron chi connectivity index (χ2n) is 9.96. The fourth-order valence-electron chi connectivity index (χ4n) is 4.77. The zero-order valence-electron chi connectivity index (χ0n) is 25.1. The summed E-state index contributed by atoms with van der Waals surface area (Å²) < 4.78 is 40.2. The van der Waals surface area contributed by atoms with Crippen LogP contribution in [0.2, 0.25) is 10.0 Å². The molecule has 9 nitrogen and oxygen atoms in total. The van der Waals surface area contributed by atoms with Gasteiger partial charge in [-0.3, -0.25) is 13.9 Å². The standard InChI is InChI=1S/C31H37Cl2N3O6S/c1-7-27(31(38)34-8-2)35(18-22-9-11-25(32)26(33)16-22)30(37)19-36(23-14-20(3)13-21(4)15-23)43(39,40)24-10-12-28(41-5)29(17-24)42-6/h9-17,27H,7-8,18-19H2,1-6H3,(H,34,38)/t27-/m1/s1. The van der Waals surface area contributed by atoms with E-state index in [9.17, 15) is 18.0 Å². The normalized spacial score (nSPS) is 11.9. The number of anilines is 1. The van der Waals surface area contributed by atoms with E-state index < -0.39 is 28.5 Å². The van der Waals surface area contributed by atoms with Gasteiger partial charge in [0.1, 0.15) is 12.6 Å². The third kappa shape index (κ3) is 8.13. The van der Waals surface area contributed by atoms with Gasteiger partial charge in [0.05, 0.1) is 34.8 Å². The molecule has 1 N–H and O–H groups in total. The highest BCUT2D eigenvalue weighted by molar-refractivity contribution is 7.92. The summed E-state index contributed by atoms with van der Waals surface area (Å²) in [5, 5.41) is 3.43. The Morgan fingerprint density at radius 3 is 2.09 bits per heavy atom. The minimum Gasteiger partial charge on any atom is -0.493 e. The van der Waals surface area contributed by atoms with Crippen molar-refractivity contribution in [2.24, 2.45) is 0 Å². The molecule has 3 aromatic carbocycles. The number of carbonyl (C=O) groups excluding carboxylic acids is 2. The zero-order valence-corrected chi connectivity index (χ0v) is 27.4. The summed E-state index contributed by atoms with van der Waals surface area (Å²) in [5.74, 6) is -0.346. The van der Waals surface area contributed by atoms with Crippen molar-refractivity contribution >= 4 is 50.7 Å². The topological polar surface area (TPSA) is 105 Å². The van der Waals surface area contributed by atoms with E-state index >= 15 is 0 Å². The summed E-state index contributed by atoms with van der Waals surface area (Å²) in [7, 11) is -1.45. The molecule has 0 heterocycles. The van der Waals surface area contributed by atoms with Crippen LogP contribution in [0.4, 0.5) is 5.69 Å². The van der Waals surface area contributed by atoms with Crippen LogP contribution in [0.15, 0.2) is 59.5 Å². The molecular formula is C31H37Cl2N3O6S. The first-order valence-electron chi connectivity index (χ1n) is 13.7. The Kier molecular flexibility index (Phi) is 11.7. The Morgan fingerprint density at radius 2 is 1.53 bits per heavy atom. The molecule has 0 aliphatic carbocycles. The smallest absolute Gasteiger partial charge is 0.264 e. The van der Waals surface area contributed by atoms with Crippen molar-refractivity contribution < 1.29 is 27.5 Å². The molecule has 0 spiro atoms. The predicted molar refractivity (Wildman–Crippen MR) is 170 cm³/mol. The fourth-order valence-corrected chi connectivity index (χ4v) is 6.51. The lowest BCUT2D eigenvalue weighted by atomic mass is 10.1. The molecule has 0 unspecified atom stereocenters. The summed E-state index contributed by atoms with van der Waals surface area (Å²) >= 11 is 12.4. The third-order valence-corrected chi connectivity index (χ3v) is 9.30. The third-order valence-electron chi connectivity index (χ3n) is 6.79. The lowest BCUT2D eigenvalue weighted by molar-refractivity contribution is -0.140. The second-order valence-corrected chi connectivity index (χ2v) is 12.6. The number of nitrogens with one attached hydrogen (secondary N) is 1. The van der Waals surface area contributed by atoms with Gasteiger partial charge in [-0.2, -0.15) is 0 Å². The van der Waals surface area contributed by atoms with Gasteiger partial charge in [0.25, 0.3) is 10.0 Å². The van der Waals surface area contributed by atoms with E-state index in [1.54, 1.807) is 44.2 Å². The van der Waals surface area contributed by atoms with Gasteiger partial charge in [0.2, 0.25) is 11.8 Å². The number of ether oxygens (including phenoxy) is 2. The van der Waals surface area contributed by atoms with E-state index in [0.29, 0.717) is 40.0 Å². The number of hydrogen-bond donors (Lipinski definition) is 1. The number of methoxy groups -OCH3 is 2. The van der Waals surface area contributed by atoms with Crippen LogP contribution in [-0.2, 0) is 26.2 Å². The molecule has 232 valence electrons. The highest BCUT2D eigenvalue weighted by Gasteiger charge is 2.34. The summed E-state index contributed by atoms with van der Waals surface area (Å²) in [6, 6.07) is 13.6. The number of nitrogens with zero attached hydrogens (tertiary/aromatic N) is 2. The first kappa shape index (κ1) is 34.0. The molecule has 0 aliphatic heterocycles. The van der Waals surface area contributed by atoms with Crippen LogP contribution in [0, 0.1) is 13.8 Å². The van der Waals surface area contributed by atoms with Crippen molar-refractivity contribution in [1.82, 2.24) is 10.2 Å². The molecule has 0 bridgehead atoms. The molecule has 0 aliphatic rings. The van der Waals surface area contributed by atoms with Gasteiger partial charge in [0, 0.05) is 19.2 Å². The van der Waals surface area contributed by atoms with Gasteiger partial charge in [-0.05, 0) is 80.3 Å². The number of hydrogen-bond acceptors (Lipinski definition) is 6. The van der Waals surface area contributed by atoms with Crippen LogP contribution in [0.25, 0.3) is 0 Å². The van der Waals surface area contributed by atoms with E-state index in [-0.39, 0.29) is 23.1 Å². The molecule has 0 saturated heterocycles. The van der Waals surface area contributed by atoms with Crippen molar-refractivity contribution in [3.63, 3.8) is 0 Å². The Hall–Kier alpha value is -3.47. The van der Waals surface area contributed by atoms with Gasteiger partial charge in [-0.25, -0.2) is 8.42 Å². The molecule has 0 aromatic heterocycles. The van der Waals surface area contributed by atoms with Crippen molar-refractivity contribution in [1.29, 1.82) is 0 Å². The summed E-state index contributed by atoms with van der Waals surface area (Å²) in [6.45, 7) is 7.06. The van der Waals surface area contributed by atoms with Crippen molar-refractivity contribution in [3.8, 4) is 11.5 Å². The van der Waals surface area contributed by atoms with E-state index in [1.807, 2.05) is 19.9 Å². The average molecular weight is 651 g/mol. The number of sulfonamides is 1. The van der Waals surface area contributed by atoms with Gasteiger partial charge < -0.3 is 19.7 Å². The first-order chi connectivity index (χ1) is 20.4. The van der Waals surface area contributed by atoms with Gasteiger partial charge in [-0.1, -0.05) is 42.3 Å². The van der Waals surface area contributed by atoms with Crippen LogP contribution in [0.1, 0.15) is 37.0 Å². The average Bonchev–Trinajstić information content (AvgIpc) is 2.96. The molecule has 1 atom stereocenters. The summed E-state index contributed by atoms with van der Waals surface area (Å²) in [5.41, 5.74) is 2.57. The number of halogens is 2. The lowest BCUT2D eigenvalue weighted by Gasteiger charge is -2.33. The Labute approximate surface area is 263 Å². The van der Waals surface area contributed by atoms with Crippen molar-refractivity contribution in [3.05, 3.63) is 81.3 Å². The molecule has 0 saturated carbocycles. The Morgan fingerprint density at radius 1 is 0.884 bits per heavy atom. The maximum Gasteiger partial charge on any atom is 0.264 e. The first-order valence-corrected chi connectivity index (χ1v) is 15.9. The van der Waals surface area contributed by atoms with E-state index in [4.69, 9.17) is 32.7 Å². The number of rotatable bonds is 13. The fraction of sp³-hybridized carbons (Fsp3) is 0.355. The van der Waals surface area contributed by atoms with E-state index in [1.165, 1.54) is 37.3 Å². The van der Waals surface area contributed by atoms with Crippen molar-refractivity contribution in [2.45, 2.75) is 51.6 Å². The number of amides is 2. The molecule has 2 amide bonds. The zero-order chi connectivity index (χ0) is 31.9. The van der Waals surface area contributed by atoms with E-state index in [0.717, 1.165) is 15.4 Å². The molecular weight excluding hydrogens is 613 g/mol. The predicted octanol–water partition coefficient (Wildman–Crippen LogP) is 5.77. The monoisotopic (exact) mass is 649 g/mol. The summed E-state index contributed by atoms with van der Waals surface area (Å²) in [4.78, 5) is 28.6. The molecule has 3 rings (SSSR count). The van der Waals surface area contributed by atoms with Gasteiger partial charge >= 0.3 is 0 Å². The van der Waals surface area contributed by atoms with Gasteiger partial charge in [-0.15, -0.1) is 0 Å². The lowest BCUT2D eigenvalue weighted by Crippen LogP contribution is -2.52. The number of aryl methyl sites for hydroxylation is 2. The maximum atomic E-state index is 14.2. The largest absolute Gasteiger partial charge is 0.493 e. The van der Waals surface area contributed by atoms with Crippen LogP contribution in [-0.4, -0.2) is 58.5 Å². The Balaban J connectivity index is 2.15. The maximum absolute atomic E-state index is 14.2. The number of benzene rings is 3. The SMILES string of the molecule is CCNC(=O)[C@@H](CC)N(Cc1ccc(Cl)c(Cl)c1)C(=O)CN(c1cc(C)cc(C)c1)S(=O)(=O)c1ccc(OC)c(OC)c1.